The van der Waals surface area contributed by atoms with Crippen molar-refractivity contribution in [3.05, 3.63) is 179 Å². The summed E-state index contributed by atoms with van der Waals surface area (Å²) in [5.74, 6) is 0.672. The molecule has 1 unspecified atom stereocenters. The van der Waals surface area contributed by atoms with Gasteiger partial charge in [0.15, 0.2) is 5.82 Å². The average Bonchev–Trinajstić information content (AvgIpc) is 3.77. The molecule has 212 valence electrons. The summed E-state index contributed by atoms with van der Waals surface area (Å²) in [6.07, 6.45) is 3.51. The van der Waals surface area contributed by atoms with E-state index in [0.717, 1.165) is 50.2 Å². The van der Waals surface area contributed by atoms with Gasteiger partial charge in [-0.1, -0.05) is 133 Å². The second-order valence-corrected chi connectivity index (χ2v) is 10.9. The van der Waals surface area contributed by atoms with Gasteiger partial charge >= 0.3 is 0 Å². The van der Waals surface area contributed by atoms with Gasteiger partial charge in [0.1, 0.15) is 5.54 Å². The van der Waals surface area contributed by atoms with Crippen molar-refractivity contribution in [2.45, 2.75) is 18.2 Å². The second kappa shape index (κ2) is 10.6. The molecule has 0 spiro atoms. The lowest BCUT2D eigenvalue weighted by atomic mass is 9.73. The molecule has 2 aliphatic carbocycles. The van der Waals surface area contributed by atoms with E-state index in [4.69, 9.17) is 10.3 Å². The lowest BCUT2D eigenvalue weighted by Crippen LogP contribution is -2.40. The van der Waals surface area contributed by atoms with Gasteiger partial charge in [0.2, 0.25) is 0 Å². The number of tetrazole rings is 1. The van der Waals surface area contributed by atoms with Crippen molar-refractivity contribution in [2.75, 3.05) is 0 Å². The summed E-state index contributed by atoms with van der Waals surface area (Å²) < 4.78 is 4.04. The SMILES string of the molecule is OCc1cncn1C1C2=C(c3nnnn3C(c3ccccc3)(c3ccccc3)c3ccccc3)C1=C(c1ccccc1)C=C2. The van der Waals surface area contributed by atoms with Gasteiger partial charge in [0.25, 0.3) is 0 Å². The van der Waals surface area contributed by atoms with Gasteiger partial charge < -0.3 is 9.67 Å². The lowest BCUT2D eigenvalue weighted by molar-refractivity contribution is 0.269. The number of rotatable bonds is 8. The Bertz CT molecular complexity index is 1960. The predicted octanol–water partition coefficient (Wildman–Crippen LogP) is 6.49. The van der Waals surface area contributed by atoms with Crippen LogP contribution in [-0.2, 0) is 12.1 Å². The number of hydrogen-bond acceptors (Lipinski definition) is 5. The third-order valence-electron chi connectivity index (χ3n) is 8.70. The quantitative estimate of drug-likeness (QED) is 0.211. The third-order valence-corrected chi connectivity index (χ3v) is 8.70. The largest absolute Gasteiger partial charge is 0.390 e. The van der Waals surface area contributed by atoms with Crippen LogP contribution in [0.15, 0.2) is 146 Å². The number of nitrogens with zero attached hydrogens (tertiary/aromatic N) is 6. The normalized spacial score (nSPS) is 13.9. The van der Waals surface area contributed by atoms with Gasteiger partial charge in [-0.05, 0) is 49.4 Å². The number of benzene rings is 5. The van der Waals surface area contributed by atoms with Crippen molar-refractivity contribution in [1.29, 1.82) is 0 Å². The Kier molecular flexibility index (Phi) is 6.24. The highest BCUT2D eigenvalue weighted by molar-refractivity contribution is 5.87. The number of aromatic nitrogens is 6. The van der Waals surface area contributed by atoms with Crippen molar-refractivity contribution in [2.24, 2.45) is 0 Å². The Morgan fingerprint density at radius 2 is 1.25 bits per heavy atom. The lowest BCUT2D eigenvalue weighted by Gasteiger charge is -2.40. The van der Waals surface area contributed by atoms with Crippen LogP contribution in [0.1, 0.15) is 39.6 Å². The molecule has 1 N–H and O–H groups in total. The number of imidazole rings is 1. The Hall–Kier alpha value is -5.66. The van der Waals surface area contributed by atoms with E-state index in [9.17, 15) is 5.11 Å². The molecular weight excluding hydrogens is 544 g/mol. The van der Waals surface area contributed by atoms with Crippen LogP contribution in [0, 0.1) is 0 Å². The van der Waals surface area contributed by atoms with Crippen LogP contribution in [0.2, 0.25) is 0 Å². The van der Waals surface area contributed by atoms with Gasteiger partial charge in [-0.2, -0.15) is 0 Å². The van der Waals surface area contributed by atoms with Crippen molar-refractivity contribution in [3.63, 3.8) is 0 Å². The Balaban J connectivity index is 1.44. The van der Waals surface area contributed by atoms with Gasteiger partial charge in [-0.25, -0.2) is 9.67 Å². The molecule has 7 aromatic rings. The molecule has 0 radical (unpaired) electrons. The summed E-state index contributed by atoms with van der Waals surface area (Å²) in [5, 5.41) is 24.0. The molecule has 7 heteroatoms. The zero-order chi connectivity index (χ0) is 29.5. The zero-order valence-electron chi connectivity index (χ0n) is 23.8. The fraction of sp³-hybridized carbons (Fsp3) is 0.0811. The highest BCUT2D eigenvalue weighted by Crippen LogP contribution is 2.54. The van der Waals surface area contributed by atoms with Gasteiger partial charge in [-0.15, -0.1) is 5.10 Å². The minimum absolute atomic E-state index is 0.104. The molecular formula is C37H28N6O. The van der Waals surface area contributed by atoms with E-state index in [0.29, 0.717) is 5.82 Å². The molecule has 2 bridgehead atoms. The summed E-state index contributed by atoms with van der Waals surface area (Å²) in [4.78, 5) is 4.37. The first kappa shape index (κ1) is 26.0. The predicted molar refractivity (Wildman–Crippen MR) is 169 cm³/mol. The van der Waals surface area contributed by atoms with Gasteiger partial charge in [0, 0.05) is 5.56 Å². The Morgan fingerprint density at radius 1 is 0.682 bits per heavy atom. The molecule has 7 nitrogen and oxygen atoms in total. The number of hydrogen-bond donors (Lipinski definition) is 1. The van der Waals surface area contributed by atoms with Crippen molar-refractivity contribution >= 4 is 0 Å². The van der Waals surface area contributed by atoms with Crippen molar-refractivity contribution in [3.8, 4) is 22.5 Å². The first-order chi connectivity index (χ1) is 21.8. The van der Waals surface area contributed by atoms with E-state index < -0.39 is 5.54 Å². The fourth-order valence-corrected chi connectivity index (χ4v) is 6.79. The first-order valence-corrected chi connectivity index (χ1v) is 14.6. The van der Waals surface area contributed by atoms with Crippen LogP contribution in [0.5, 0.6) is 0 Å². The van der Waals surface area contributed by atoms with Crippen LogP contribution in [-0.4, -0.2) is 34.9 Å². The fourth-order valence-electron chi connectivity index (χ4n) is 6.79. The minimum atomic E-state index is -0.863. The summed E-state index contributed by atoms with van der Waals surface area (Å²) in [7, 11) is 0. The van der Waals surface area contributed by atoms with E-state index in [1.54, 1.807) is 12.5 Å². The van der Waals surface area contributed by atoms with E-state index in [1.807, 2.05) is 33.5 Å². The topological polar surface area (TPSA) is 81.7 Å². The molecule has 2 aliphatic rings. The molecule has 1 atom stereocenters. The molecule has 44 heavy (non-hydrogen) atoms. The monoisotopic (exact) mass is 572 g/mol. The van der Waals surface area contributed by atoms with Gasteiger partial charge in [0.05, 0.1) is 30.9 Å². The Labute approximate surface area is 254 Å². The molecule has 0 fully saturated rings. The second-order valence-electron chi connectivity index (χ2n) is 10.9. The highest BCUT2D eigenvalue weighted by atomic mass is 16.3. The standard InChI is InChI=1S/C37H28N6O/c44-24-30-23-38-25-42(30)35-32-22-21-31(26-13-5-1-6-14-26)33(35)34(32)36-39-40-41-43(36)37(27-15-7-2-8-16-27,28-17-9-3-10-18-28)29-19-11-4-12-20-29/h1-23,25,35,44H,24H2. The maximum Gasteiger partial charge on any atom is 0.184 e. The summed E-state index contributed by atoms with van der Waals surface area (Å²) in [5.41, 5.74) is 8.38. The van der Waals surface area contributed by atoms with Crippen molar-refractivity contribution < 1.29 is 5.11 Å². The van der Waals surface area contributed by atoms with Crippen LogP contribution in [0.25, 0.3) is 22.5 Å². The highest BCUT2D eigenvalue weighted by Gasteiger charge is 2.45. The summed E-state index contributed by atoms with van der Waals surface area (Å²) in [6.45, 7) is -0.104. The van der Waals surface area contributed by atoms with E-state index in [1.165, 1.54) is 0 Å². The van der Waals surface area contributed by atoms with Crippen molar-refractivity contribution in [1.82, 2.24) is 29.8 Å². The van der Waals surface area contributed by atoms with Crippen LogP contribution < -0.4 is 0 Å². The zero-order valence-corrected chi connectivity index (χ0v) is 23.8. The molecule has 5 aromatic carbocycles. The number of fused-ring (bicyclic) bond motifs is 2. The molecule has 0 saturated carbocycles. The summed E-state index contributed by atoms with van der Waals surface area (Å²) in [6, 6.07) is 45.9. The first-order valence-electron chi connectivity index (χ1n) is 14.6. The van der Waals surface area contributed by atoms with E-state index in [-0.39, 0.29) is 12.6 Å². The average molecular weight is 573 g/mol. The molecule has 0 amide bonds. The maximum atomic E-state index is 10.2. The Morgan fingerprint density at radius 3 is 1.82 bits per heavy atom. The smallest absolute Gasteiger partial charge is 0.184 e. The van der Waals surface area contributed by atoms with E-state index >= 15 is 0 Å². The molecule has 0 aliphatic heterocycles. The number of aliphatic hydroxyl groups is 1. The van der Waals surface area contributed by atoms with Crippen LogP contribution in [0.4, 0.5) is 0 Å². The van der Waals surface area contributed by atoms with Crippen LogP contribution >= 0.6 is 0 Å². The minimum Gasteiger partial charge on any atom is -0.390 e. The molecule has 2 heterocycles. The van der Waals surface area contributed by atoms with Gasteiger partial charge in [-0.3, -0.25) is 0 Å². The molecule has 9 rings (SSSR count). The van der Waals surface area contributed by atoms with E-state index in [2.05, 4.69) is 119 Å². The van der Waals surface area contributed by atoms with Crippen LogP contribution in [0.3, 0.4) is 0 Å². The maximum absolute atomic E-state index is 10.2. The summed E-state index contributed by atoms with van der Waals surface area (Å²) >= 11 is 0. The number of aliphatic hydroxyl groups excluding tert-OH is 1. The molecule has 2 aromatic heterocycles. The molecule has 0 saturated heterocycles. The third kappa shape index (κ3) is 3.80.